The second-order valence-electron chi connectivity index (χ2n) is 5.20. The Morgan fingerprint density at radius 2 is 2.10 bits per heavy atom. The second kappa shape index (κ2) is 6.36. The number of nitrogen functional groups attached to an aromatic ring is 1. The number of nitrogens with zero attached hydrogens (tertiary/aromatic N) is 3. The molecule has 4 nitrogen and oxygen atoms in total. The Bertz CT molecular complexity index is 628. The molecule has 1 heterocycles. The predicted octanol–water partition coefficient (Wildman–Crippen LogP) is 2.94. The first-order chi connectivity index (χ1) is 9.61. The van der Waals surface area contributed by atoms with Crippen LogP contribution in [0.4, 0.5) is 5.82 Å². The van der Waals surface area contributed by atoms with Crippen LogP contribution in [0.2, 0.25) is 0 Å². The smallest absolute Gasteiger partial charge is 0.128 e. The molecule has 0 saturated heterocycles. The molecule has 0 aliphatic rings. The van der Waals surface area contributed by atoms with Gasteiger partial charge in [0.05, 0.1) is 11.6 Å². The molecule has 2 rings (SSSR count). The molecular weight excluding hydrogens is 248 g/mol. The van der Waals surface area contributed by atoms with Gasteiger partial charge in [-0.1, -0.05) is 18.2 Å². The molecule has 0 aliphatic carbocycles. The minimum Gasteiger partial charge on any atom is -0.383 e. The Morgan fingerprint density at radius 1 is 1.35 bits per heavy atom. The minimum atomic E-state index is 0.370. The maximum Gasteiger partial charge on any atom is 0.128 e. The summed E-state index contributed by atoms with van der Waals surface area (Å²) in [7, 11) is 0. The summed E-state index contributed by atoms with van der Waals surface area (Å²) in [6, 6.07) is 12.6. The van der Waals surface area contributed by atoms with Crippen molar-refractivity contribution in [2.45, 2.75) is 32.9 Å². The molecule has 4 heteroatoms. The molecule has 0 atom stereocenters. The van der Waals surface area contributed by atoms with Crippen molar-refractivity contribution in [2.24, 2.45) is 0 Å². The van der Waals surface area contributed by atoms with Crippen LogP contribution in [0.3, 0.4) is 0 Å². The number of pyridine rings is 1. The van der Waals surface area contributed by atoms with Gasteiger partial charge in [0.2, 0.25) is 0 Å². The van der Waals surface area contributed by atoms with Gasteiger partial charge in [0.25, 0.3) is 0 Å². The fourth-order valence-electron chi connectivity index (χ4n) is 2.23. The Labute approximate surface area is 119 Å². The van der Waals surface area contributed by atoms with Gasteiger partial charge in [-0.15, -0.1) is 0 Å². The molecule has 0 amide bonds. The normalized spacial score (nSPS) is 11.2. The maximum atomic E-state index is 8.75. The number of nitriles is 1. The summed E-state index contributed by atoms with van der Waals surface area (Å²) in [4.78, 5) is 6.70. The zero-order valence-corrected chi connectivity index (χ0v) is 12.0. The minimum absolute atomic E-state index is 0.370. The molecule has 2 N–H and O–H groups in total. The molecule has 0 saturated carbocycles. The van der Waals surface area contributed by atoms with E-state index in [0.717, 1.165) is 29.6 Å². The summed E-state index contributed by atoms with van der Waals surface area (Å²) in [6.45, 7) is 5.73. The van der Waals surface area contributed by atoms with Crippen LogP contribution < -0.4 is 5.73 Å². The van der Waals surface area contributed by atoms with Gasteiger partial charge in [-0.2, -0.15) is 5.26 Å². The maximum absolute atomic E-state index is 8.75. The second-order valence-corrected chi connectivity index (χ2v) is 5.20. The van der Waals surface area contributed by atoms with E-state index < -0.39 is 0 Å². The van der Waals surface area contributed by atoms with Gasteiger partial charge in [-0.05, 0) is 26.0 Å². The lowest BCUT2D eigenvalue weighted by Gasteiger charge is -2.26. The van der Waals surface area contributed by atoms with E-state index in [-0.39, 0.29) is 0 Å². The number of benzene rings is 1. The van der Waals surface area contributed by atoms with Crippen molar-refractivity contribution in [3.8, 4) is 6.07 Å². The molecule has 20 heavy (non-hydrogen) atoms. The molecule has 0 bridgehead atoms. The quantitative estimate of drug-likeness (QED) is 0.905. The van der Waals surface area contributed by atoms with Crippen molar-refractivity contribution >= 4 is 16.7 Å². The molecule has 0 unspecified atom stereocenters. The zero-order valence-electron chi connectivity index (χ0n) is 12.0. The summed E-state index contributed by atoms with van der Waals surface area (Å²) in [5.41, 5.74) is 8.00. The molecule has 0 spiro atoms. The Kier molecular flexibility index (Phi) is 4.54. The van der Waals surface area contributed by atoms with Crippen molar-refractivity contribution in [3.05, 3.63) is 35.9 Å². The van der Waals surface area contributed by atoms with Gasteiger partial charge < -0.3 is 5.73 Å². The van der Waals surface area contributed by atoms with Crippen LogP contribution in [0.5, 0.6) is 0 Å². The van der Waals surface area contributed by atoms with E-state index in [1.54, 1.807) is 0 Å². The number of aromatic nitrogens is 1. The molecule has 104 valence electrons. The van der Waals surface area contributed by atoms with Crippen molar-refractivity contribution in [1.82, 2.24) is 9.88 Å². The highest BCUT2D eigenvalue weighted by Crippen LogP contribution is 2.20. The van der Waals surface area contributed by atoms with E-state index >= 15 is 0 Å². The van der Waals surface area contributed by atoms with Gasteiger partial charge >= 0.3 is 0 Å². The fourth-order valence-corrected chi connectivity index (χ4v) is 2.23. The van der Waals surface area contributed by atoms with E-state index in [9.17, 15) is 0 Å². The number of hydrogen-bond donors (Lipinski definition) is 1. The van der Waals surface area contributed by atoms with E-state index in [2.05, 4.69) is 35.9 Å². The summed E-state index contributed by atoms with van der Waals surface area (Å²) in [5, 5.41) is 9.84. The number of rotatable bonds is 5. The van der Waals surface area contributed by atoms with Crippen LogP contribution >= 0.6 is 0 Å². The fraction of sp³-hybridized carbons (Fsp3) is 0.375. The SMILES string of the molecule is CC(C)N(CCC#N)Cc1cc2ccccc2nc1N. The average molecular weight is 268 g/mol. The molecule has 1 aromatic heterocycles. The lowest BCUT2D eigenvalue weighted by molar-refractivity contribution is 0.218. The Morgan fingerprint density at radius 3 is 2.80 bits per heavy atom. The summed E-state index contributed by atoms with van der Waals surface area (Å²) in [5.74, 6) is 0.575. The third-order valence-corrected chi connectivity index (χ3v) is 3.45. The topological polar surface area (TPSA) is 65.9 Å². The van der Waals surface area contributed by atoms with Gasteiger partial charge in [0.1, 0.15) is 5.82 Å². The lowest BCUT2D eigenvalue weighted by Crippen LogP contribution is -2.31. The summed E-state index contributed by atoms with van der Waals surface area (Å²) in [6.07, 6.45) is 0.527. The number of fused-ring (bicyclic) bond motifs is 1. The van der Waals surface area contributed by atoms with E-state index in [1.807, 2.05) is 24.3 Å². The highest BCUT2D eigenvalue weighted by Gasteiger charge is 2.12. The first-order valence-corrected chi connectivity index (χ1v) is 6.87. The van der Waals surface area contributed by atoms with Crippen LogP contribution in [0.25, 0.3) is 10.9 Å². The van der Waals surface area contributed by atoms with Crippen molar-refractivity contribution in [1.29, 1.82) is 5.26 Å². The number of hydrogen-bond acceptors (Lipinski definition) is 4. The molecular formula is C16H20N4. The Balaban J connectivity index is 2.27. The van der Waals surface area contributed by atoms with Crippen molar-refractivity contribution in [3.63, 3.8) is 0 Å². The highest BCUT2D eigenvalue weighted by molar-refractivity contribution is 5.81. The average Bonchev–Trinajstić information content (AvgIpc) is 2.43. The van der Waals surface area contributed by atoms with Gasteiger partial charge in [0.15, 0.2) is 0 Å². The van der Waals surface area contributed by atoms with Crippen LogP contribution in [-0.2, 0) is 6.54 Å². The number of para-hydroxylation sites is 1. The van der Waals surface area contributed by atoms with Crippen LogP contribution in [-0.4, -0.2) is 22.5 Å². The number of anilines is 1. The number of nitrogens with two attached hydrogens (primary N) is 1. The van der Waals surface area contributed by atoms with Gasteiger partial charge in [0, 0.05) is 36.5 Å². The molecule has 0 radical (unpaired) electrons. The van der Waals surface area contributed by atoms with Crippen LogP contribution in [0, 0.1) is 11.3 Å². The zero-order chi connectivity index (χ0) is 14.5. The third-order valence-electron chi connectivity index (χ3n) is 3.45. The highest BCUT2D eigenvalue weighted by atomic mass is 15.1. The predicted molar refractivity (Wildman–Crippen MR) is 81.9 cm³/mol. The Hall–Kier alpha value is -2.12. The molecule has 0 aliphatic heterocycles. The summed E-state index contributed by atoms with van der Waals surface area (Å²) < 4.78 is 0. The summed E-state index contributed by atoms with van der Waals surface area (Å²) >= 11 is 0. The van der Waals surface area contributed by atoms with Gasteiger partial charge in [-0.3, -0.25) is 4.90 Å². The van der Waals surface area contributed by atoms with Crippen LogP contribution in [0.1, 0.15) is 25.8 Å². The van der Waals surface area contributed by atoms with Crippen LogP contribution in [0.15, 0.2) is 30.3 Å². The van der Waals surface area contributed by atoms with Gasteiger partial charge in [-0.25, -0.2) is 4.98 Å². The van der Waals surface area contributed by atoms with Crippen molar-refractivity contribution < 1.29 is 0 Å². The van der Waals surface area contributed by atoms with E-state index in [0.29, 0.717) is 18.3 Å². The molecule has 1 aromatic carbocycles. The monoisotopic (exact) mass is 268 g/mol. The van der Waals surface area contributed by atoms with E-state index in [4.69, 9.17) is 11.0 Å². The van der Waals surface area contributed by atoms with E-state index in [1.165, 1.54) is 0 Å². The van der Waals surface area contributed by atoms with Crippen molar-refractivity contribution in [2.75, 3.05) is 12.3 Å². The standard InChI is InChI=1S/C16H20N4/c1-12(2)20(9-5-8-17)11-14-10-13-6-3-4-7-15(13)19-16(14)18/h3-4,6-7,10,12H,5,9,11H2,1-2H3,(H2,18,19). The molecule has 2 aromatic rings. The molecule has 0 fully saturated rings. The first-order valence-electron chi connectivity index (χ1n) is 6.87. The largest absolute Gasteiger partial charge is 0.383 e. The lowest BCUT2D eigenvalue weighted by atomic mass is 10.1. The first kappa shape index (κ1) is 14.3. The third kappa shape index (κ3) is 3.25.